The van der Waals surface area contributed by atoms with Gasteiger partial charge in [-0.1, -0.05) is 29.8 Å². The number of para-hydroxylation sites is 1. The van der Waals surface area contributed by atoms with Crippen LogP contribution < -0.4 is 10.9 Å². The Balaban J connectivity index is 2.01. The molecule has 0 aliphatic rings. The van der Waals surface area contributed by atoms with Crippen molar-refractivity contribution in [1.29, 1.82) is 0 Å². The molecule has 0 unspecified atom stereocenters. The quantitative estimate of drug-likeness (QED) is 0.852. The van der Waals surface area contributed by atoms with Crippen molar-refractivity contribution in [2.45, 2.75) is 6.92 Å². The molecule has 2 aromatic rings. The van der Waals surface area contributed by atoms with Crippen molar-refractivity contribution in [3.63, 3.8) is 0 Å². The van der Waals surface area contributed by atoms with E-state index in [4.69, 9.17) is 0 Å². The third-order valence-electron chi connectivity index (χ3n) is 2.50. The number of nitrogens with one attached hydrogen (secondary N) is 2. The van der Waals surface area contributed by atoms with Gasteiger partial charge in [0.2, 0.25) is 0 Å². The molecule has 0 atom stereocenters. The third-order valence-corrected chi connectivity index (χ3v) is 3.19. The number of amides is 1. The number of halogens is 1. The minimum Gasteiger partial charge on any atom is -0.297 e. The van der Waals surface area contributed by atoms with Gasteiger partial charge in [-0.05, 0) is 47.1 Å². The Morgan fingerprint density at radius 3 is 2.39 bits per heavy atom. The smallest absolute Gasteiger partial charge is 0.269 e. The van der Waals surface area contributed by atoms with Gasteiger partial charge in [0, 0.05) is 10.0 Å². The fourth-order valence-corrected chi connectivity index (χ4v) is 1.85. The Bertz CT molecular complexity index is 552. The number of anilines is 1. The molecule has 0 saturated heterocycles. The summed E-state index contributed by atoms with van der Waals surface area (Å²) in [6.45, 7) is 1.99. The number of carbonyl (C=O) groups is 1. The maximum Gasteiger partial charge on any atom is 0.269 e. The number of carbonyl (C=O) groups excluding carboxylic acids is 1. The minimum atomic E-state index is -0.161. The van der Waals surface area contributed by atoms with Crippen LogP contribution in [0.25, 0.3) is 0 Å². The molecule has 0 saturated carbocycles. The monoisotopic (exact) mass is 304 g/mol. The highest BCUT2D eigenvalue weighted by Crippen LogP contribution is 2.20. The average Bonchev–Trinajstić information content (AvgIpc) is 2.38. The predicted octanol–water partition coefficient (Wildman–Crippen LogP) is 3.51. The van der Waals surface area contributed by atoms with Crippen LogP contribution >= 0.6 is 15.9 Å². The van der Waals surface area contributed by atoms with Crippen LogP contribution in [0.2, 0.25) is 0 Å². The van der Waals surface area contributed by atoms with Gasteiger partial charge in [-0.3, -0.25) is 15.6 Å². The van der Waals surface area contributed by atoms with Gasteiger partial charge in [-0.2, -0.15) is 0 Å². The van der Waals surface area contributed by atoms with Crippen LogP contribution in [0.1, 0.15) is 15.9 Å². The first-order valence-electron chi connectivity index (χ1n) is 5.54. The van der Waals surface area contributed by atoms with Crippen molar-refractivity contribution in [2.24, 2.45) is 0 Å². The molecule has 2 N–H and O–H groups in total. The molecule has 2 rings (SSSR count). The Hall–Kier alpha value is -1.81. The lowest BCUT2D eigenvalue weighted by atomic mass is 10.1. The van der Waals surface area contributed by atoms with E-state index >= 15 is 0 Å². The molecule has 4 heteroatoms. The molecule has 0 bridgehead atoms. The summed E-state index contributed by atoms with van der Waals surface area (Å²) in [7, 11) is 0. The Morgan fingerprint density at radius 2 is 1.72 bits per heavy atom. The summed E-state index contributed by atoms with van der Waals surface area (Å²) in [6.07, 6.45) is 0. The van der Waals surface area contributed by atoms with Crippen molar-refractivity contribution < 1.29 is 4.79 Å². The second-order valence-electron chi connectivity index (χ2n) is 3.92. The summed E-state index contributed by atoms with van der Waals surface area (Å²) in [5, 5.41) is 0. The van der Waals surface area contributed by atoms with E-state index < -0.39 is 0 Å². The van der Waals surface area contributed by atoms with Crippen LogP contribution in [-0.2, 0) is 0 Å². The fourth-order valence-electron chi connectivity index (χ4n) is 1.46. The van der Waals surface area contributed by atoms with Crippen molar-refractivity contribution in [3.8, 4) is 0 Å². The summed E-state index contributed by atoms with van der Waals surface area (Å²) in [5.41, 5.74) is 8.11. The number of hydrogen-bond donors (Lipinski definition) is 2. The van der Waals surface area contributed by atoms with Gasteiger partial charge in [-0.25, -0.2) is 0 Å². The number of rotatable bonds is 3. The summed E-state index contributed by atoms with van der Waals surface area (Å²) in [6, 6.07) is 15.0. The van der Waals surface area contributed by atoms with E-state index in [0.717, 1.165) is 15.7 Å². The molecule has 0 fully saturated rings. The molecule has 0 aromatic heterocycles. The molecule has 0 heterocycles. The van der Waals surface area contributed by atoms with Gasteiger partial charge in [0.25, 0.3) is 5.91 Å². The largest absolute Gasteiger partial charge is 0.297 e. The number of benzene rings is 2. The highest BCUT2D eigenvalue weighted by Gasteiger charge is 2.04. The lowest BCUT2D eigenvalue weighted by molar-refractivity contribution is 0.0962. The minimum absolute atomic E-state index is 0.161. The molecular weight excluding hydrogens is 292 g/mol. The second-order valence-corrected chi connectivity index (χ2v) is 4.78. The Morgan fingerprint density at radius 1 is 1.06 bits per heavy atom. The van der Waals surface area contributed by atoms with Crippen LogP contribution in [0.4, 0.5) is 5.69 Å². The molecule has 1 amide bonds. The maximum absolute atomic E-state index is 11.9. The van der Waals surface area contributed by atoms with E-state index in [0.29, 0.717) is 5.56 Å². The molecule has 18 heavy (non-hydrogen) atoms. The molecule has 0 aliphatic carbocycles. The zero-order valence-electron chi connectivity index (χ0n) is 9.91. The summed E-state index contributed by atoms with van der Waals surface area (Å²) in [4.78, 5) is 11.9. The normalized spacial score (nSPS) is 9.89. The van der Waals surface area contributed by atoms with Crippen molar-refractivity contribution >= 4 is 27.5 Å². The molecule has 2 aromatic carbocycles. The summed E-state index contributed by atoms with van der Waals surface area (Å²) >= 11 is 3.40. The predicted molar refractivity (Wildman–Crippen MR) is 76.4 cm³/mol. The summed E-state index contributed by atoms with van der Waals surface area (Å²) < 4.78 is 0.897. The highest BCUT2D eigenvalue weighted by atomic mass is 79.9. The van der Waals surface area contributed by atoms with E-state index in [9.17, 15) is 4.79 Å². The maximum atomic E-state index is 11.9. The van der Waals surface area contributed by atoms with E-state index in [1.165, 1.54) is 0 Å². The first kappa shape index (κ1) is 12.6. The van der Waals surface area contributed by atoms with Gasteiger partial charge in [0.05, 0.1) is 5.69 Å². The van der Waals surface area contributed by atoms with Gasteiger partial charge >= 0.3 is 0 Å². The van der Waals surface area contributed by atoms with E-state index in [1.807, 2.05) is 43.3 Å². The van der Waals surface area contributed by atoms with Crippen LogP contribution in [0.5, 0.6) is 0 Å². The van der Waals surface area contributed by atoms with Crippen LogP contribution in [-0.4, -0.2) is 5.91 Å². The first-order valence-corrected chi connectivity index (χ1v) is 6.33. The van der Waals surface area contributed by atoms with E-state index in [1.54, 1.807) is 12.1 Å². The zero-order chi connectivity index (χ0) is 13.0. The molecule has 92 valence electrons. The van der Waals surface area contributed by atoms with Crippen molar-refractivity contribution in [3.05, 3.63) is 64.1 Å². The third kappa shape index (κ3) is 3.11. The molecule has 0 spiro atoms. The van der Waals surface area contributed by atoms with Gasteiger partial charge in [0.1, 0.15) is 0 Å². The highest BCUT2D eigenvalue weighted by molar-refractivity contribution is 9.10. The lowest BCUT2D eigenvalue weighted by Gasteiger charge is -2.10. The van der Waals surface area contributed by atoms with Gasteiger partial charge in [-0.15, -0.1) is 0 Å². The Labute approximate surface area is 114 Å². The average molecular weight is 305 g/mol. The van der Waals surface area contributed by atoms with Crippen LogP contribution in [0.3, 0.4) is 0 Å². The van der Waals surface area contributed by atoms with Gasteiger partial charge < -0.3 is 0 Å². The molecule has 0 aliphatic heterocycles. The van der Waals surface area contributed by atoms with E-state index in [-0.39, 0.29) is 5.91 Å². The van der Waals surface area contributed by atoms with Crippen LogP contribution in [0, 0.1) is 6.92 Å². The molecule has 3 nitrogen and oxygen atoms in total. The second kappa shape index (κ2) is 5.69. The summed E-state index contributed by atoms with van der Waals surface area (Å²) in [5.74, 6) is -0.161. The number of hydrazine groups is 1. The van der Waals surface area contributed by atoms with Crippen molar-refractivity contribution in [1.82, 2.24) is 5.43 Å². The Kier molecular flexibility index (Phi) is 3.99. The van der Waals surface area contributed by atoms with E-state index in [2.05, 4.69) is 26.8 Å². The van der Waals surface area contributed by atoms with Crippen LogP contribution in [0.15, 0.2) is 53.0 Å². The first-order chi connectivity index (χ1) is 8.66. The lowest BCUT2D eigenvalue weighted by Crippen LogP contribution is -2.29. The number of hydrogen-bond acceptors (Lipinski definition) is 2. The standard InChI is InChI=1S/C14H13BrN2O/c1-10-6-8-11(9-7-10)14(18)17-16-13-5-3-2-4-12(13)15/h2-9,16H,1H3,(H,17,18). The van der Waals surface area contributed by atoms with Gasteiger partial charge in [0.15, 0.2) is 0 Å². The van der Waals surface area contributed by atoms with Crippen molar-refractivity contribution in [2.75, 3.05) is 5.43 Å². The molecule has 0 radical (unpaired) electrons. The molecular formula is C14H13BrN2O. The zero-order valence-corrected chi connectivity index (χ0v) is 11.5. The number of aryl methyl sites for hydroxylation is 1. The topological polar surface area (TPSA) is 41.1 Å². The fraction of sp³-hybridized carbons (Fsp3) is 0.0714. The SMILES string of the molecule is Cc1ccc(C(=O)NNc2ccccc2Br)cc1.